The maximum atomic E-state index is 12.4. The van der Waals surface area contributed by atoms with Gasteiger partial charge in [0.1, 0.15) is 0 Å². The summed E-state index contributed by atoms with van der Waals surface area (Å²) in [5.74, 6) is -1.33. The molecular weight excluding hydrogens is 335 g/mol. The van der Waals surface area contributed by atoms with Crippen LogP contribution in [0.2, 0.25) is 0 Å². The van der Waals surface area contributed by atoms with Gasteiger partial charge in [0, 0.05) is 23.6 Å². The maximum absolute atomic E-state index is 12.4. The minimum atomic E-state index is -4.69. The zero-order chi connectivity index (χ0) is 16.9. The Labute approximate surface area is 134 Å². The number of rotatable bonds is 6. The highest BCUT2D eigenvalue weighted by Gasteiger charge is 2.38. The first kappa shape index (κ1) is 17.3. The third-order valence-electron chi connectivity index (χ3n) is 2.92. The summed E-state index contributed by atoms with van der Waals surface area (Å²) in [6.07, 6.45) is -3.11. The largest absolute Gasteiger partial charge is 0.471 e. The average molecular weight is 348 g/mol. The van der Waals surface area contributed by atoms with Crippen LogP contribution in [0.3, 0.4) is 0 Å². The van der Waals surface area contributed by atoms with Crippen LogP contribution in [-0.4, -0.2) is 28.5 Å². The SMILES string of the molecule is O=C(NCCCCCl)c1ccc(-c2noc(C(F)(F)F)n2)cc1. The molecule has 0 saturated carbocycles. The van der Waals surface area contributed by atoms with Crippen LogP contribution < -0.4 is 5.32 Å². The van der Waals surface area contributed by atoms with E-state index in [1.807, 2.05) is 0 Å². The first-order valence-corrected chi connectivity index (χ1v) is 7.31. The summed E-state index contributed by atoms with van der Waals surface area (Å²) in [6.45, 7) is 0.507. The minimum Gasteiger partial charge on any atom is -0.352 e. The van der Waals surface area contributed by atoms with Gasteiger partial charge in [-0.2, -0.15) is 18.2 Å². The molecule has 0 aliphatic heterocycles. The Kier molecular flexibility index (Phi) is 5.59. The molecule has 9 heteroatoms. The molecule has 0 unspecified atom stereocenters. The van der Waals surface area contributed by atoms with Gasteiger partial charge in [0.25, 0.3) is 5.91 Å². The molecule has 2 aromatic rings. The smallest absolute Gasteiger partial charge is 0.352 e. The Morgan fingerprint density at radius 3 is 2.48 bits per heavy atom. The summed E-state index contributed by atoms with van der Waals surface area (Å²) in [5.41, 5.74) is 0.710. The van der Waals surface area contributed by atoms with E-state index in [2.05, 4.69) is 20.0 Å². The van der Waals surface area contributed by atoms with Crippen LogP contribution in [0.5, 0.6) is 0 Å². The van der Waals surface area contributed by atoms with E-state index in [1.165, 1.54) is 24.3 Å². The van der Waals surface area contributed by atoms with Crippen LogP contribution in [0.4, 0.5) is 13.2 Å². The molecule has 1 N–H and O–H groups in total. The zero-order valence-corrected chi connectivity index (χ0v) is 12.6. The number of aromatic nitrogens is 2. The molecule has 1 heterocycles. The van der Waals surface area contributed by atoms with E-state index in [-0.39, 0.29) is 11.7 Å². The van der Waals surface area contributed by atoms with Gasteiger partial charge in [0.15, 0.2) is 0 Å². The first-order chi connectivity index (χ1) is 10.9. The number of halogens is 4. The summed E-state index contributed by atoms with van der Waals surface area (Å²) < 4.78 is 41.4. The van der Waals surface area contributed by atoms with Gasteiger partial charge in [-0.3, -0.25) is 4.79 Å². The summed E-state index contributed by atoms with van der Waals surface area (Å²) in [7, 11) is 0. The average Bonchev–Trinajstić information content (AvgIpc) is 3.02. The highest BCUT2D eigenvalue weighted by Crippen LogP contribution is 2.29. The maximum Gasteiger partial charge on any atom is 0.471 e. The second-order valence-corrected chi connectivity index (χ2v) is 5.03. The normalized spacial score (nSPS) is 11.5. The van der Waals surface area contributed by atoms with Crippen molar-refractivity contribution in [1.29, 1.82) is 0 Å². The number of carbonyl (C=O) groups excluding carboxylic acids is 1. The third-order valence-corrected chi connectivity index (χ3v) is 3.19. The Bertz CT molecular complexity index is 656. The van der Waals surface area contributed by atoms with Crippen molar-refractivity contribution in [1.82, 2.24) is 15.5 Å². The van der Waals surface area contributed by atoms with Gasteiger partial charge in [-0.15, -0.1) is 11.6 Å². The van der Waals surface area contributed by atoms with E-state index in [0.717, 1.165) is 12.8 Å². The topological polar surface area (TPSA) is 68.0 Å². The highest BCUT2D eigenvalue weighted by molar-refractivity contribution is 6.17. The standard InChI is InChI=1S/C14H13ClF3N3O2/c15-7-1-2-8-19-12(22)10-5-3-9(4-6-10)11-20-13(23-21-11)14(16,17)18/h3-6H,1-2,7-8H2,(H,19,22). The number of benzene rings is 1. The molecule has 1 aromatic heterocycles. The van der Waals surface area contributed by atoms with Crippen LogP contribution >= 0.6 is 11.6 Å². The number of nitrogens with zero attached hydrogens (tertiary/aromatic N) is 2. The van der Waals surface area contributed by atoms with E-state index in [0.29, 0.717) is 23.6 Å². The molecule has 0 radical (unpaired) electrons. The van der Waals surface area contributed by atoms with Crippen molar-refractivity contribution in [2.45, 2.75) is 19.0 Å². The summed E-state index contributed by atoms with van der Waals surface area (Å²) >= 11 is 5.54. The van der Waals surface area contributed by atoms with Crippen molar-refractivity contribution >= 4 is 17.5 Å². The van der Waals surface area contributed by atoms with Gasteiger partial charge < -0.3 is 9.84 Å². The number of amides is 1. The van der Waals surface area contributed by atoms with Crippen LogP contribution in [0.1, 0.15) is 29.1 Å². The summed E-state index contributed by atoms with van der Waals surface area (Å²) in [5, 5.41) is 6.00. The number of nitrogens with one attached hydrogen (secondary N) is 1. The fraction of sp³-hybridized carbons (Fsp3) is 0.357. The quantitative estimate of drug-likeness (QED) is 0.641. The lowest BCUT2D eigenvalue weighted by Gasteiger charge is -2.04. The number of carbonyl (C=O) groups is 1. The van der Waals surface area contributed by atoms with E-state index < -0.39 is 12.1 Å². The molecule has 0 aliphatic carbocycles. The Morgan fingerprint density at radius 1 is 1.22 bits per heavy atom. The molecule has 1 amide bonds. The molecule has 1 aromatic carbocycles. The predicted octanol–water partition coefficient (Wildman–Crippen LogP) is 3.50. The van der Waals surface area contributed by atoms with E-state index in [9.17, 15) is 18.0 Å². The molecule has 0 fully saturated rings. The second kappa shape index (κ2) is 7.45. The van der Waals surface area contributed by atoms with Gasteiger partial charge >= 0.3 is 12.1 Å². The van der Waals surface area contributed by atoms with Crippen molar-refractivity contribution in [2.24, 2.45) is 0 Å². The fourth-order valence-corrected chi connectivity index (χ4v) is 1.94. The van der Waals surface area contributed by atoms with E-state index in [4.69, 9.17) is 11.6 Å². The van der Waals surface area contributed by atoms with Crippen molar-refractivity contribution in [2.75, 3.05) is 12.4 Å². The fourth-order valence-electron chi connectivity index (χ4n) is 1.75. The van der Waals surface area contributed by atoms with Crippen LogP contribution in [0.15, 0.2) is 28.8 Å². The molecule has 23 heavy (non-hydrogen) atoms. The molecule has 0 aliphatic rings. The van der Waals surface area contributed by atoms with E-state index in [1.54, 1.807) is 0 Å². The van der Waals surface area contributed by atoms with Gasteiger partial charge in [0.05, 0.1) is 0 Å². The Hall–Kier alpha value is -2.09. The van der Waals surface area contributed by atoms with Crippen molar-refractivity contribution in [3.63, 3.8) is 0 Å². The molecule has 0 atom stereocenters. The lowest BCUT2D eigenvalue weighted by atomic mass is 10.1. The van der Waals surface area contributed by atoms with Crippen LogP contribution in [0.25, 0.3) is 11.4 Å². The lowest BCUT2D eigenvalue weighted by Crippen LogP contribution is -2.24. The monoisotopic (exact) mass is 347 g/mol. The van der Waals surface area contributed by atoms with Crippen molar-refractivity contribution in [3.8, 4) is 11.4 Å². The number of hydrogen-bond acceptors (Lipinski definition) is 4. The molecule has 0 saturated heterocycles. The number of alkyl halides is 4. The van der Waals surface area contributed by atoms with Gasteiger partial charge in [-0.1, -0.05) is 17.3 Å². The van der Waals surface area contributed by atoms with Crippen molar-refractivity contribution < 1.29 is 22.5 Å². The minimum absolute atomic E-state index is 0.189. The van der Waals surface area contributed by atoms with Crippen LogP contribution in [-0.2, 0) is 6.18 Å². The number of unbranched alkanes of at least 4 members (excludes halogenated alkanes) is 1. The molecule has 5 nitrogen and oxygen atoms in total. The highest BCUT2D eigenvalue weighted by atomic mass is 35.5. The van der Waals surface area contributed by atoms with Gasteiger partial charge in [0.2, 0.25) is 5.82 Å². The first-order valence-electron chi connectivity index (χ1n) is 6.77. The zero-order valence-electron chi connectivity index (χ0n) is 11.9. The summed E-state index contributed by atoms with van der Waals surface area (Å²) in [4.78, 5) is 15.1. The van der Waals surface area contributed by atoms with Crippen molar-refractivity contribution in [3.05, 3.63) is 35.7 Å². The Morgan fingerprint density at radius 2 is 1.91 bits per heavy atom. The molecular formula is C14H13ClF3N3O2. The number of hydrogen-bond donors (Lipinski definition) is 1. The predicted molar refractivity (Wildman–Crippen MR) is 77.0 cm³/mol. The van der Waals surface area contributed by atoms with Crippen LogP contribution in [0, 0.1) is 0 Å². The lowest BCUT2D eigenvalue weighted by molar-refractivity contribution is -0.159. The van der Waals surface area contributed by atoms with Gasteiger partial charge in [-0.25, -0.2) is 0 Å². The van der Waals surface area contributed by atoms with E-state index >= 15 is 0 Å². The summed E-state index contributed by atoms with van der Waals surface area (Å²) in [6, 6.07) is 5.88. The second-order valence-electron chi connectivity index (χ2n) is 4.65. The molecule has 2 rings (SSSR count). The molecule has 0 spiro atoms. The van der Waals surface area contributed by atoms with Gasteiger partial charge in [-0.05, 0) is 25.0 Å². The Balaban J connectivity index is 2.02. The molecule has 0 bridgehead atoms. The molecule has 124 valence electrons. The third kappa shape index (κ3) is 4.69.